The number of aromatic hydroxyl groups is 2. The van der Waals surface area contributed by atoms with E-state index in [1.165, 1.54) is 24.4 Å². The second kappa shape index (κ2) is 5.92. The van der Waals surface area contributed by atoms with E-state index in [9.17, 15) is 9.90 Å². The maximum atomic E-state index is 11.7. The number of nitrogens with one attached hydrogen (secondary N) is 1. The van der Waals surface area contributed by atoms with Crippen LogP contribution in [0.25, 0.3) is 0 Å². The van der Waals surface area contributed by atoms with Crippen LogP contribution in [0.3, 0.4) is 0 Å². The van der Waals surface area contributed by atoms with Gasteiger partial charge in [-0.15, -0.1) is 0 Å². The number of nitrogens with zero attached hydrogens (tertiary/aromatic N) is 2. The number of benzene rings is 1. The number of hydrazone groups is 1. The number of hydrogen-bond acceptors (Lipinski definition) is 4. The minimum atomic E-state index is -0.249. The Hall–Kier alpha value is -2.76. The van der Waals surface area contributed by atoms with Gasteiger partial charge in [0.05, 0.1) is 12.6 Å². The predicted octanol–water partition coefficient (Wildman–Crippen LogP) is 1.13. The van der Waals surface area contributed by atoms with E-state index >= 15 is 0 Å². The van der Waals surface area contributed by atoms with Gasteiger partial charge in [0, 0.05) is 30.6 Å². The van der Waals surface area contributed by atoms with Gasteiger partial charge in [-0.3, -0.25) is 4.79 Å². The highest BCUT2D eigenvalue weighted by atomic mass is 16.3. The van der Waals surface area contributed by atoms with Crippen molar-refractivity contribution in [2.24, 2.45) is 12.1 Å². The van der Waals surface area contributed by atoms with Crippen molar-refractivity contribution in [2.45, 2.75) is 6.42 Å². The Balaban J connectivity index is 1.93. The fourth-order valence-electron chi connectivity index (χ4n) is 1.70. The molecule has 104 valence electrons. The highest BCUT2D eigenvalue weighted by Crippen LogP contribution is 2.20. The zero-order valence-electron chi connectivity index (χ0n) is 10.9. The van der Waals surface area contributed by atoms with Gasteiger partial charge in [0.2, 0.25) is 5.91 Å². The second-order valence-electron chi connectivity index (χ2n) is 4.32. The molecule has 0 saturated heterocycles. The van der Waals surface area contributed by atoms with Crippen LogP contribution in [0.1, 0.15) is 11.3 Å². The third-order valence-corrected chi connectivity index (χ3v) is 2.80. The number of aryl methyl sites for hydroxylation is 1. The van der Waals surface area contributed by atoms with Crippen molar-refractivity contribution in [2.75, 3.05) is 0 Å². The topological polar surface area (TPSA) is 86.9 Å². The van der Waals surface area contributed by atoms with Gasteiger partial charge in [-0.05, 0) is 24.3 Å². The molecule has 0 radical (unpaired) electrons. The predicted molar refractivity (Wildman–Crippen MR) is 74.6 cm³/mol. The number of aromatic nitrogens is 1. The maximum absolute atomic E-state index is 11.7. The minimum Gasteiger partial charge on any atom is -0.508 e. The van der Waals surface area contributed by atoms with Gasteiger partial charge in [-0.25, -0.2) is 5.43 Å². The summed E-state index contributed by atoms with van der Waals surface area (Å²) in [6.07, 6.45) is 3.40. The second-order valence-corrected chi connectivity index (χ2v) is 4.32. The van der Waals surface area contributed by atoms with Gasteiger partial charge in [-0.1, -0.05) is 0 Å². The van der Waals surface area contributed by atoms with Crippen LogP contribution in [0.15, 0.2) is 41.6 Å². The molecule has 0 aliphatic rings. The SMILES string of the molecule is Cn1cccc1CC(=O)NN=Cc1ccc(O)cc1O. The third kappa shape index (κ3) is 3.38. The molecule has 20 heavy (non-hydrogen) atoms. The maximum Gasteiger partial charge on any atom is 0.245 e. The Bertz CT molecular complexity index is 647. The lowest BCUT2D eigenvalue weighted by molar-refractivity contribution is -0.120. The van der Waals surface area contributed by atoms with Gasteiger partial charge in [0.15, 0.2) is 0 Å². The minimum absolute atomic E-state index is 0.0348. The van der Waals surface area contributed by atoms with E-state index in [1.807, 2.05) is 29.9 Å². The van der Waals surface area contributed by atoms with Crippen LogP contribution in [0.5, 0.6) is 11.5 Å². The Morgan fingerprint density at radius 2 is 2.20 bits per heavy atom. The Kier molecular flexibility index (Phi) is 4.05. The molecule has 0 aliphatic carbocycles. The van der Waals surface area contributed by atoms with Crippen LogP contribution in [0.2, 0.25) is 0 Å². The molecular formula is C14H15N3O3. The number of phenols is 2. The number of phenolic OH excluding ortho intramolecular Hbond substituents is 2. The van der Waals surface area contributed by atoms with Crippen molar-refractivity contribution < 1.29 is 15.0 Å². The molecule has 0 aliphatic heterocycles. The lowest BCUT2D eigenvalue weighted by Crippen LogP contribution is -2.20. The van der Waals surface area contributed by atoms with Crippen LogP contribution < -0.4 is 5.43 Å². The number of rotatable bonds is 4. The Morgan fingerprint density at radius 3 is 2.85 bits per heavy atom. The third-order valence-electron chi connectivity index (χ3n) is 2.80. The van der Waals surface area contributed by atoms with Gasteiger partial charge < -0.3 is 14.8 Å². The molecule has 6 heteroatoms. The molecule has 0 fully saturated rings. The largest absolute Gasteiger partial charge is 0.508 e. The molecular weight excluding hydrogens is 258 g/mol. The fraction of sp³-hybridized carbons (Fsp3) is 0.143. The molecule has 0 saturated carbocycles. The van der Waals surface area contributed by atoms with Gasteiger partial charge in [0.1, 0.15) is 11.5 Å². The standard InChI is InChI=1S/C14H15N3O3/c1-17-6-2-3-11(17)7-14(20)16-15-9-10-4-5-12(18)8-13(10)19/h2-6,8-9,18-19H,7H2,1H3,(H,16,20). The molecule has 1 aromatic carbocycles. The summed E-state index contributed by atoms with van der Waals surface area (Å²) >= 11 is 0. The molecule has 0 bridgehead atoms. The quantitative estimate of drug-likeness (QED) is 0.576. The van der Waals surface area contributed by atoms with Crippen molar-refractivity contribution in [3.63, 3.8) is 0 Å². The number of amides is 1. The fourth-order valence-corrected chi connectivity index (χ4v) is 1.70. The van der Waals surface area contributed by atoms with Crippen molar-refractivity contribution in [1.82, 2.24) is 9.99 Å². The monoisotopic (exact) mass is 273 g/mol. The van der Waals surface area contributed by atoms with E-state index in [2.05, 4.69) is 10.5 Å². The van der Waals surface area contributed by atoms with E-state index in [0.29, 0.717) is 5.56 Å². The molecule has 3 N–H and O–H groups in total. The number of hydrogen-bond donors (Lipinski definition) is 3. The first-order valence-electron chi connectivity index (χ1n) is 6.00. The van der Waals surface area contributed by atoms with Crippen LogP contribution in [0.4, 0.5) is 0 Å². The summed E-state index contributed by atoms with van der Waals surface area (Å²) in [6.45, 7) is 0. The summed E-state index contributed by atoms with van der Waals surface area (Å²) in [6, 6.07) is 7.84. The summed E-state index contributed by atoms with van der Waals surface area (Å²) in [7, 11) is 1.86. The summed E-state index contributed by atoms with van der Waals surface area (Å²) < 4.78 is 1.86. The van der Waals surface area contributed by atoms with Crippen molar-refractivity contribution >= 4 is 12.1 Å². The first-order chi connectivity index (χ1) is 9.56. The molecule has 0 unspecified atom stereocenters. The van der Waals surface area contributed by atoms with Gasteiger partial charge >= 0.3 is 0 Å². The van der Waals surface area contributed by atoms with E-state index in [4.69, 9.17) is 5.11 Å². The number of carbonyl (C=O) groups excluding carboxylic acids is 1. The molecule has 1 amide bonds. The normalized spacial score (nSPS) is 10.8. The molecule has 1 heterocycles. The van der Waals surface area contributed by atoms with E-state index < -0.39 is 0 Å². The average molecular weight is 273 g/mol. The molecule has 0 atom stereocenters. The zero-order chi connectivity index (χ0) is 14.5. The van der Waals surface area contributed by atoms with Crippen LogP contribution >= 0.6 is 0 Å². The molecule has 1 aromatic heterocycles. The molecule has 6 nitrogen and oxygen atoms in total. The molecule has 2 aromatic rings. The van der Waals surface area contributed by atoms with Crippen LogP contribution in [0, 0.1) is 0 Å². The summed E-state index contributed by atoms with van der Waals surface area (Å²) in [5.41, 5.74) is 3.67. The van der Waals surface area contributed by atoms with Crippen LogP contribution in [-0.4, -0.2) is 26.9 Å². The molecule has 2 rings (SSSR count). The summed E-state index contributed by atoms with van der Waals surface area (Å²) in [5.74, 6) is -0.390. The van der Waals surface area contributed by atoms with Crippen molar-refractivity contribution in [3.8, 4) is 11.5 Å². The average Bonchev–Trinajstić information content (AvgIpc) is 2.78. The van der Waals surface area contributed by atoms with Crippen molar-refractivity contribution in [3.05, 3.63) is 47.8 Å². The number of carbonyl (C=O) groups is 1. The van der Waals surface area contributed by atoms with E-state index in [-0.39, 0.29) is 23.8 Å². The highest BCUT2D eigenvalue weighted by molar-refractivity contribution is 5.85. The zero-order valence-corrected chi connectivity index (χ0v) is 10.9. The molecule has 0 spiro atoms. The van der Waals surface area contributed by atoms with E-state index in [0.717, 1.165) is 5.69 Å². The Labute approximate surface area is 116 Å². The Morgan fingerprint density at radius 1 is 1.40 bits per heavy atom. The van der Waals surface area contributed by atoms with Crippen LogP contribution in [-0.2, 0) is 18.3 Å². The summed E-state index contributed by atoms with van der Waals surface area (Å²) in [4.78, 5) is 11.7. The van der Waals surface area contributed by atoms with Gasteiger partial charge in [-0.2, -0.15) is 5.10 Å². The van der Waals surface area contributed by atoms with Gasteiger partial charge in [0.25, 0.3) is 0 Å². The van der Waals surface area contributed by atoms with Crippen molar-refractivity contribution in [1.29, 1.82) is 0 Å². The van der Waals surface area contributed by atoms with E-state index in [1.54, 1.807) is 0 Å². The lowest BCUT2D eigenvalue weighted by Gasteiger charge is -2.02. The smallest absolute Gasteiger partial charge is 0.245 e. The highest BCUT2D eigenvalue weighted by Gasteiger charge is 2.04. The summed E-state index contributed by atoms with van der Waals surface area (Å²) in [5, 5.41) is 22.4. The first kappa shape index (κ1) is 13.7. The lowest BCUT2D eigenvalue weighted by atomic mass is 10.2. The first-order valence-corrected chi connectivity index (χ1v) is 6.00.